The lowest BCUT2D eigenvalue weighted by atomic mass is 10.0. The molecule has 0 aromatic heterocycles. The zero-order valence-electron chi connectivity index (χ0n) is 13.5. The standard InChI is InChI=1S/C17H24N2O3/c1-11-8-19(10-14(21-11)16(18)20)9-13-6-4-5-12-7-17(2,3)22-15(12)13/h4-6,11,14H,7-10H2,1-3H3,(H2,18,20)/t11-,14-/m1/s1. The minimum atomic E-state index is -0.530. The van der Waals surface area contributed by atoms with Crippen molar-refractivity contribution in [3.63, 3.8) is 0 Å². The van der Waals surface area contributed by atoms with Crippen LogP contribution in [0.15, 0.2) is 18.2 Å². The minimum Gasteiger partial charge on any atom is -0.487 e. The summed E-state index contributed by atoms with van der Waals surface area (Å²) in [5, 5.41) is 0. The van der Waals surface area contributed by atoms with Gasteiger partial charge >= 0.3 is 0 Å². The lowest BCUT2D eigenvalue weighted by molar-refractivity contribution is -0.142. The normalized spacial score (nSPS) is 27.2. The first-order valence-corrected chi connectivity index (χ1v) is 7.81. The Morgan fingerprint density at radius 1 is 1.41 bits per heavy atom. The van der Waals surface area contributed by atoms with Crippen molar-refractivity contribution in [2.24, 2.45) is 5.73 Å². The van der Waals surface area contributed by atoms with Gasteiger partial charge in [0.1, 0.15) is 17.5 Å². The summed E-state index contributed by atoms with van der Waals surface area (Å²) in [7, 11) is 0. The van der Waals surface area contributed by atoms with Crippen molar-refractivity contribution < 1.29 is 14.3 Å². The van der Waals surface area contributed by atoms with E-state index in [9.17, 15) is 4.79 Å². The van der Waals surface area contributed by atoms with E-state index in [-0.39, 0.29) is 11.7 Å². The van der Waals surface area contributed by atoms with E-state index >= 15 is 0 Å². The highest BCUT2D eigenvalue weighted by atomic mass is 16.5. The largest absolute Gasteiger partial charge is 0.487 e. The maximum Gasteiger partial charge on any atom is 0.247 e. The van der Waals surface area contributed by atoms with Crippen LogP contribution in [-0.2, 0) is 22.5 Å². The zero-order chi connectivity index (χ0) is 15.9. The van der Waals surface area contributed by atoms with Crippen LogP contribution in [0.5, 0.6) is 5.75 Å². The number of para-hydroxylation sites is 1. The number of ether oxygens (including phenoxy) is 2. The van der Waals surface area contributed by atoms with Gasteiger partial charge in [0.25, 0.3) is 0 Å². The van der Waals surface area contributed by atoms with Gasteiger partial charge in [0.15, 0.2) is 0 Å². The summed E-state index contributed by atoms with van der Waals surface area (Å²) >= 11 is 0. The van der Waals surface area contributed by atoms with Gasteiger partial charge in [-0.2, -0.15) is 0 Å². The summed E-state index contributed by atoms with van der Waals surface area (Å²) in [5.74, 6) is 0.606. The van der Waals surface area contributed by atoms with E-state index in [4.69, 9.17) is 15.2 Å². The fraction of sp³-hybridized carbons (Fsp3) is 0.588. The average molecular weight is 304 g/mol. The van der Waals surface area contributed by atoms with Gasteiger partial charge in [-0.25, -0.2) is 0 Å². The molecule has 5 heteroatoms. The number of nitrogens with two attached hydrogens (primary N) is 1. The average Bonchev–Trinajstić information content (AvgIpc) is 2.73. The molecule has 2 aliphatic rings. The van der Waals surface area contributed by atoms with Crippen molar-refractivity contribution >= 4 is 5.91 Å². The van der Waals surface area contributed by atoms with E-state index in [2.05, 4.69) is 36.9 Å². The molecule has 1 aromatic rings. The monoisotopic (exact) mass is 304 g/mol. The summed E-state index contributed by atoms with van der Waals surface area (Å²) in [6.07, 6.45) is 0.401. The molecule has 0 bridgehead atoms. The van der Waals surface area contributed by atoms with E-state index in [1.165, 1.54) is 11.1 Å². The molecule has 2 atom stereocenters. The highest BCUT2D eigenvalue weighted by Gasteiger charge is 2.33. The number of benzene rings is 1. The Balaban J connectivity index is 1.77. The fourth-order valence-corrected chi connectivity index (χ4v) is 3.37. The number of rotatable bonds is 3. The Kier molecular flexibility index (Phi) is 3.87. The maximum atomic E-state index is 11.4. The van der Waals surface area contributed by atoms with E-state index in [0.29, 0.717) is 6.54 Å². The van der Waals surface area contributed by atoms with Crippen LogP contribution in [0.4, 0.5) is 0 Å². The number of nitrogens with zero attached hydrogens (tertiary/aromatic N) is 1. The number of amides is 1. The minimum absolute atomic E-state index is 0.000343. The second-order valence-electron chi connectivity index (χ2n) is 6.98. The Hall–Kier alpha value is -1.59. The number of primary amides is 1. The molecular weight excluding hydrogens is 280 g/mol. The van der Waals surface area contributed by atoms with Crippen molar-refractivity contribution in [2.45, 2.75) is 51.5 Å². The number of morpholine rings is 1. The van der Waals surface area contributed by atoms with Gasteiger partial charge in [-0.05, 0) is 26.3 Å². The van der Waals surface area contributed by atoms with E-state index < -0.39 is 12.0 Å². The molecule has 5 nitrogen and oxygen atoms in total. The molecule has 3 rings (SSSR count). The molecule has 0 spiro atoms. The van der Waals surface area contributed by atoms with Crippen LogP contribution in [0.2, 0.25) is 0 Å². The molecule has 2 aliphatic heterocycles. The van der Waals surface area contributed by atoms with Crippen LogP contribution in [0, 0.1) is 0 Å². The number of fused-ring (bicyclic) bond motifs is 1. The van der Waals surface area contributed by atoms with Gasteiger partial charge in [0, 0.05) is 31.6 Å². The molecule has 1 saturated heterocycles. The van der Waals surface area contributed by atoms with Crippen LogP contribution < -0.4 is 10.5 Å². The second-order valence-corrected chi connectivity index (χ2v) is 6.98. The van der Waals surface area contributed by atoms with Gasteiger partial charge in [-0.1, -0.05) is 18.2 Å². The van der Waals surface area contributed by atoms with Gasteiger partial charge in [-0.3, -0.25) is 9.69 Å². The quantitative estimate of drug-likeness (QED) is 0.918. The summed E-state index contributed by atoms with van der Waals surface area (Å²) in [5.41, 5.74) is 7.68. The first kappa shape index (κ1) is 15.3. The van der Waals surface area contributed by atoms with Crippen molar-refractivity contribution in [1.29, 1.82) is 0 Å². The number of carbonyl (C=O) groups excluding carboxylic acids is 1. The number of carbonyl (C=O) groups is 1. The van der Waals surface area contributed by atoms with E-state index in [0.717, 1.165) is 25.3 Å². The highest BCUT2D eigenvalue weighted by Crippen LogP contribution is 2.38. The molecule has 0 unspecified atom stereocenters. The first-order valence-electron chi connectivity index (χ1n) is 7.81. The predicted molar refractivity (Wildman–Crippen MR) is 83.7 cm³/mol. The van der Waals surface area contributed by atoms with Gasteiger partial charge < -0.3 is 15.2 Å². The molecule has 2 heterocycles. The molecule has 0 radical (unpaired) electrons. The SMILES string of the molecule is C[C@@H]1CN(Cc2cccc3c2OC(C)(C)C3)C[C@H](C(N)=O)O1. The molecule has 1 amide bonds. The third-order valence-electron chi connectivity index (χ3n) is 4.22. The molecule has 1 aromatic carbocycles. The maximum absolute atomic E-state index is 11.4. The number of hydrogen-bond donors (Lipinski definition) is 1. The molecule has 1 fully saturated rings. The summed E-state index contributed by atoms with van der Waals surface area (Å²) in [4.78, 5) is 13.6. The Morgan fingerprint density at radius 3 is 2.91 bits per heavy atom. The third kappa shape index (κ3) is 3.10. The highest BCUT2D eigenvalue weighted by molar-refractivity contribution is 5.79. The summed E-state index contributed by atoms with van der Waals surface area (Å²) in [6.45, 7) is 8.25. The summed E-state index contributed by atoms with van der Waals surface area (Å²) < 4.78 is 11.7. The van der Waals surface area contributed by atoms with Crippen LogP contribution in [-0.4, -0.2) is 41.7 Å². The van der Waals surface area contributed by atoms with Gasteiger partial charge in [0.2, 0.25) is 5.91 Å². The van der Waals surface area contributed by atoms with E-state index in [1.54, 1.807) is 0 Å². The van der Waals surface area contributed by atoms with Crippen molar-refractivity contribution in [3.05, 3.63) is 29.3 Å². The van der Waals surface area contributed by atoms with Crippen LogP contribution in [0.1, 0.15) is 31.9 Å². The number of hydrogen-bond acceptors (Lipinski definition) is 4. The van der Waals surface area contributed by atoms with E-state index in [1.807, 2.05) is 6.92 Å². The topological polar surface area (TPSA) is 64.8 Å². The lowest BCUT2D eigenvalue weighted by Gasteiger charge is -2.35. The first-order chi connectivity index (χ1) is 10.3. The van der Waals surface area contributed by atoms with Gasteiger partial charge in [0.05, 0.1) is 6.10 Å². The fourth-order valence-electron chi connectivity index (χ4n) is 3.37. The second kappa shape index (κ2) is 5.56. The molecule has 0 aliphatic carbocycles. The Labute approximate surface area is 131 Å². The molecule has 120 valence electrons. The summed E-state index contributed by atoms with van der Waals surface area (Å²) in [6, 6.07) is 6.30. The van der Waals surface area contributed by atoms with Crippen molar-refractivity contribution in [2.75, 3.05) is 13.1 Å². The molecule has 22 heavy (non-hydrogen) atoms. The Morgan fingerprint density at radius 2 is 2.18 bits per heavy atom. The van der Waals surface area contributed by atoms with Crippen molar-refractivity contribution in [1.82, 2.24) is 4.90 Å². The van der Waals surface area contributed by atoms with Gasteiger partial charge in [-0.15, -0.1) is 0 Å². The van der Waals surface area contributed by atoms with Crippen LogP contribution >= 0.6 is 0 Å². The third-order valence-corrected chi connectivity index (χ3v) is 4.22. The lowest BCUT2D eigenvalue weighted by Crippen LogP contribution is -2.51. The molecule has 0 saturated carbocycles. The molecule has 2 N–H and O–H groups in total. The zero-order valence-corrected chi connectivity index (χ0v) is 13.5. The predicted octanol–water partition coefficient (Wildman–Crippen LogP) is 1.47. The van der Waals surface area contributed by atoms with Crippen LogP contribution in [0.25, 0.3) is 0 Å². The smallest absolute Gasteiger partial charge is 0.247 e. The molecular formula is C17H24N2O3. The Bertz CT molecular complexity index is 585. The van der Waals surface area contributed by atoms with Crippen molar-refractivity contribution in [3.8, 4) is 5.75 Å². The van der Waals surface area contributed by atoms with Crippen LogP contribution in [0.3, 0.4) is 0 Å².